The molecule has 1 aromatic rings. The number of rotatable bonds is 2. The van der Waals surface area contributed by atoms with E-state index in [-0.39, 0.29) is 0 Å². The Kier molecular flexibility index (Phi) is 3.67. The van der Waals surface area contributed by atoms with Crippen LogP contribution in [0.3, 0.4) is 0 Å². The van der Waals surface area contributed by atoms with Gasteiger partial charge < -0.3 is 10.6 Å². The summed E-state index contributed by atoms with van der Waals surface area (Å²) in [6, 6.07) is 10.2. The summed E-state index contributed by atoms with van der Waals surface area (Å²) in [4.78, 5) is 6.66. The van der Waals surface area contributed by atoms with Gasteiger partial charge in [-0.1, -0.05) is 44.2 Å². The second-order valence-electron chi connectivity index (χ2n) is 5.02. The molecule has 92 valence electrons. The highest BCUT2D eigenvalue weighted by Gasteiger charge is 2.26. The number of hydrogen-bond donors (Lipinski definition) is 1. The smallest absolute Gasteiger partial charge is 0.191 e. The first-order valence-electron chi connectivity index (χ1n) is 6.25. The summed E-state index contributed by atoms with van der Waals surface area (Å²) >= 11 is 0. The summed E-state index contributed by atoms with van der Waals surface area (Å²) in [5.41, 5.74) is 7.23. The minimum Gasteiger partial charge on any atom is -0.370 e. The highest BCUT2D eigenvalue weighted by Crippen LogP contribution is 2.21. The van der Waals surface area contributed by atoms with E-state index in [1.165, 1.54) is 5.56 Å². The number of nitrogens with two attached hydrogens (primary N) is 1. The first-order valence-corrected chi connectivity index (χ1v) is 6.25. The van der Waals surface area contributed by atoms with Crippen molar-refractivity contribution < 1.29 is 0 Å². The Morgan fingerprint density at radius 1 is 1.24 bits per heavy atom. The van der Waals surface area contributed by atoms with Crippen LogP contribution in [0.15, 0.2) is 35.3 Å². The lowest BCUT2D eigenvalue weighted by Gasteiger charge is -2.16. The van der Waals surface area contributed by atoms with Gasteiger partial charge in [0, 0.05) is 13.1 Å². The minimum atomic E-state index is 0.673. The highest BCUT2D eigenvalue weighted by atomic mass is 15.3. The van der Waals surface area contributed by atoms with Gasteiger partial charge in [0.2, 0.25) is 0 Å². The summed E-state index contributed by atoms with van der Waals surface area (Å²) in [5, 5.41) is 0. The zero-order chi connectivity index (χ0) is 12.3. The topological polar surface area (TPSA) is 41.6 Å². The lowest BCUT2D eigenvalue weighted by atomic mass is 10.0. The van der Waals surface area contributed by atoms with Gasteiger partial charge in [-0.15, -0.1) is 0 Å². The predicted molar refractivity (Wildman–Crippen MR) is 71.7 cm³/mol. The third-order valence-corrected chi connectivity index (χ3v) is 3.58. The lowest BCUT2D eigenvalue weighted by Crippen LogP contribution is -2.35. The van der Waals surface area contributed by atoms with E-state index >= 15 is 0 Å². The molecule has 1 heterocycles. The first kappa shape index (κ1) is 12.0. The molecule has 1 aromatic carbocycles. The van der Waals surface area contributed by atoms with Gasteiger partial charge in [-0.05, 0) is 17.4 Å². The molecule has 0 aliphatic carbocycles. The summed E-state index contributed by atoms with van der Waals surface area (Å²) in [6.45, 7) is 7.28. The van der Waals surface area contributed by atoms with Crippen LogP contribution in [0.5, 0.6) is 0 Å². The Morgan fingerprint density at radius 2 is 1.82 bits per heavy atom. The van der Waals surface area contributed by atoms with E-state index in [2.05, 4.69) is 35.9 Å². The van der Waals surface area contributed by atoms with Crippen LogP contribution in [0.25, 0.3) is 0 Å². The van der Waals surface area contributed by atoms with E-state index in [1.54, 1.807) is 0 Å². The van der Waals surface area contributed by atoms with Crippen LogP contribution in [0, 0.1) is 11.8 Å². The molecule has 1 aliphatic rings. The third kappa shape index (κ3) is 2.99. The normalized spacial score (nSPS) is 25.3. The fraction of sp³-hybridized carbons (Fsp3) is 0.500. The molecule has 2 rings (SSSR count). The molecule has 0 spiro atoms. The molecule has 0 amide bonds. The SMILES string of the molecule is CC1CN(C(N)=NCc2ccccc2)CC1C. The van der Waals surface area contributed by atoms with Gasteiger partial charge in [0.05, 0.1) is 6.54 Å². The number of hydrogen-bond acceptors (Lipinski definition) is 1. The van der Waals surface area contributed by atoms with Crippen molar-refractivity contribution in [1.29, 1.82) is 0 Å². The van der Waals surface area contributed by atoms with Crippen molar-refractivity contribution in [2.45, 2.75) is 20.4 Å². The largest absolute Gasteiger partial charge is 0.370 e. The molecule has 0 aromatic heterocycles. The van der Waals surface area contributed by atoms with Crippen molar-refractivity contribution in [1.82, 2.24) is 4.90 Å². The molecular formula is C14H21N3. The van der Waals surface area contributed by atoms with Gasteiger partial charge in [-0.3, -0.25) is 0 Å². The molecule has 1 saturated heterocycles. The zero-order valence-electron chi connectivity index (χ0n) is 10.6. The van der Waals surface area contributed by atoms with Crippen molar-refractivity contribution in [3.05, 3.63) is 35.9 Å². The van der Waals surface area contributed by atoms with Crippen molar-refractivity contribution in [3.8, 4) is 0 Å². The van der Waals surface area contributed by atoms with Gasteiger partial charge in [-0.2, -0.15) is 0 Å². The van der Waals surface area contributed by atoms with Crippen molar-refractivity contribution >= 4 is 5.96 Å². The van der Waals surface area contributed by atoms with Gasteiger partial charge in [-0.25, -0.2) is 4.99 Å². The molecule has 3 heteroatoms. The van der Waals surface area contributed by atoms with E-state index in [1.807, 2.05) is 18.2 Å². The van der Waals surface area contributed by atoms with Crippen LogP contribution >= 0.6 is 0 Å². The molecule has 2 atom stereocenters. The average molecular weight is 231 g/mol. The molecule has 1 aliphatic heterocycles. The first-order chi connectivity index (χ1) is 8.16. The Morgan fingerprint density at radius 3 is 2.41 bits per heavy atom. The maximum absolute atomic E-state index is 6.03. The molecular weight excluding hydrogens is 210 g/mol. The van der Waals surface area contributed by atoms with Gasteiger partial charge in [0.25, 0.3) is 0 Å². The summed E-state index contributed by atoms with van der Waals surface area (Å²) in [7, 11) is 0. The molecule has 0 bridgehead atoms. The summed E-state index contributed by atoms with van der Waals surface area (Å²) in [5.74, 6) is 2.10. The molecule has 0 radical (unpaired) electrons. The predicted octanol–water partition coefficient (Wildman–Crippen LogP) is 2.09. The van der Waals surface area contributed by atoms with E-state index in [0.717, 1.165) is 13.1 Å². The highest BCUT2D eigenvalue weighted by molar-refractivity contribution is 5.78. The van der Waals surface area contributed by atoms with Crippen LogP contribution in [-0.4, -0.2) is 23.9 Å². The number of aliphatic imine (C=N–C) groups is 1. The molecule has 3 nitrogen and oxygen atoms in total. The van der Waals surface area contributed by atoms with Crippen molar-refractivity contribution in [2.24, 2.45) is 22.6 Å². The van der Waals surface area contributed by atoms with Crippen molar-refractivity contribution in [3.63, 3.8) is 0 Å². The van der Waals surface area contributed by atoms with Gasteiger partial charge in [0.1, 0.15) is 0 Å². The Balaban J connectivity index is 1.94. The second-order valence-corrected chi connectivity index (χ2v) is 5.02. The second kappa shape index (κ2) is 5.21. The standard InChI is InChI=1S/C14H21N3/c1-11-9-17(10-12(11)2)14(15)16-8-13-6-4-3-5-7-13/h3-7,11-12H,8-10H2,1-2H3,(H2,15,16). The van der Waals surface area contributed by atoms with Gasteiger partial charge in [0.15, 0.2) is 5.96 Å². The van der Waals surface area contributed by atoms with Crippen LogP contribution in [0.4, 0.5) is 0 Å². The van der Waals surface area contributed by atoms with Gasteiger partial charge >= 0.3 is 0 Å². The number of guanidine groups is 1. The number of benzene rings is 1. The molecule has 2 unspecified atom stereocenters. The molecule has 1 fully saturated rings. The van der Waals surface area contributed by atoms with Crippen molar-refractivity contribution in [2.75, 3.05) is 13.1 Å². The third-order valence-electron chi connectivity index (χ3n) is 3.58. The maximum Gasteiger partial charge on any atom is 0.191 e. The Labute approximate surface area is 103 Å². The quantitative estimate of drug-likeness (QED) is 0.625. The Bertz CT molecular complexity index is 376. The van der Waals surface area contributed by atoms with E-state index in [0.29, 0.717) is 24.3 Å². The Hall–Kier alpha value is -1.51. The van der Waals surface area contributed by atoms with Crippen LogP contribution < -0.4 is 5.73 Å². The zero-order valence-corrected chi connectivity index (χ0v) is 10.6. The van der Waals surface area contributed by atoms with Crippen LogP contribution in [0.2, 0.25) is 0 Å². The number of likely N-dealkylation sites (tertiary alicyclic amines) is 1. The molecule has 2 N–H and O–H groups in total. The lowest BCUT2D eigenvalue weighted by molar-refractivity contribution is 0.486. The summed E-state index contributed by atoms with van der Waals surface area (Å²) < 4.78 is 0. The molecule has 0 saturated carbocycles. The molecule has 17 heavy (non-hydrogen) atoms. The van der Waals surface area contributed by atoms with E-state index in [4.69, 9.17) is 5.73 Å². The fourth-order valence-electron chi connectivity index (χ4n) is 2.17. The average Bonchev–Trinajstić information content (AvgIpc) is 2.68. The minimum absolute atomic E-state index is 0.673. The van der Waals surface area contributed by atoms with Crippen LogP contribution in [-0.2, 0) is 6.54 Å². The van der Waals surface area contributed by atoms with E-state index in [9.17, 15) is 0 Å². The monoisotopic (exact) mass is 231 g/mol. The van der Waals surface area contributed by atoms with Crippen LogP contribution in [0.1, 0.15) is 19.4 Å². The number of nitrogens with zero attached hydrogens (tertiary/aromatic N) is 2. The maximum atomic E-state index is 6.03. The van der Waals surface area contributed by atoms with E-state index < -0.39 is 0 Å². The fourth-order valence-corrected chi connectivity index (χ4v) is 2.17. The summed E-state index contributed by atoms with van der Waals surface area (Å²) in [6.07, 6.45) is 0.